The third kappa shape index (κ3) is 8.36. The molecule has 17 heteroatoms. The lowest BCUT2D eigenvalue weighted by atomic mass is 10.00. The molecule has 3 aromatic heterocycles. The van der Waals surface area contributed by atoms with E-state index in [2.05, 4.69) is 26.3 Å². The summed E-state index contributed by atoms with van der Waals surface area (Å²) < 4.78 is 52.3. The van der Waals surface area contributed by atoms with E-state index in [0.29, 0.717) is 65.2 Å². The van der Waals surface area contributed by atoms with Gasteiger partial charge >= 0.3 is 6.09 Å². The number of likely N-dealkylation sites (tertiary alicyclic amines) is 3. The lowest BCUT2D eigenvalue weighted by Gasteiger charge is -2.40. The van der Waals surface area contributed by atoms with Gasteiger partial charge in [0, 0.05) is 48.1 Å². The van der Waals surface area contributed by atoms with Crippen LogP contribution in [-0.2, 0) is 20.7 Å². The van der Waals surface area contributed by atoms with Gasteiger partial charge in [0.1, 0.15) is 47.2 Å². The number of alkyl halides is 1. The molecule has 0 radical (unpaired) electrons. The van der Waals surface area contributed by atoms with Crippen molar-refractivity contribution < 1.29 is 37.4 Å². The van der Waals surface area contributed by atoms with E-state index in [-0.39, 0.29) is 36.7 Å². The fourth-order valence-electron chi connectivity index (χ4n) is 11.5. The van der Waals surface area contributed by atoms with Gasteiger partial charge in [-0.3, -0.25) is 14.5 Å². The first-order valence-corrected chi connectivity index (χ1v) is 25.4. The second-order valence-corrected chi connectivity index (χ2v) is 20.2. The average molecular weight is 990 g/mol. The molecule has 3 N–H and O–H groups in total. The number of carbonyl (C=O) groups excluding carboxylic acids is 3. The first-order valence-electron chi connectivity index (χ1n) is 25.4. The number of aryl methyl sites for hydroxylation is 1. The number of benzene rings is 4. The third-order valence-electron chi connectivity index (χ3n) is 15.4. The minimum Gasteiger partial charge on any atom is -0.493 e. The van der Waals surface area contributed by atoms with E-state index >= 15 is 8.78 Å². The molecule has 3 saturated heterocycles. The van der Waals surface area contributed by atoms with Crippen LogP contribution in [0.25, 0.3) is 44.7 Å². The summed E-state index contributed by atoms with van der Waals surface area (Å²) in [7, 11) is 1.27. The van der Waals surface area contributed by atoms with E-state index in [1.165, 1.54) is 13.2 Å². The molecule has 376 valence electrons. The maximum Gasteiger partial charge on any atom is 0.407 e. The SMILES string of the molecule is COC(=O)N[C@H](C(=O)N1CCC[C@H]1c1ncc(-c2cc(F)c3c(c2)OC(c2ccc4c(c2)OCCC4)n2c-3cc3cc(-c4cnc([C@@H]5C[C@@H](F)CN5C(=O)[C@@H](c5ccccc5)N5CCC5)[nH]4)ccc32)[nH]1)C(C)C. The van der Waals surface area contributed by atoms with Gasteiger partial charge < -0.3 is 43.9 Å². The fourth-order valence-corrected chi connectivity index (χ4v) is 11.5. The molecule has 7 aromatic rings. The van der Waals surface area contributed by atoms with Gasteiger partial charge in [0.15, 0.2) is 0 Å². The van der Waals surface area contributed by atoms with Crippen LogP contribution in [0.1, 0.15) is 98.6 Å². The molecule has 5 aliphatic heterocycles. The van der Waals surface area contributed by atoms with Crippen LogP contribution in [0.2, 0.25) is 0 Å². The molecule has 4 aromatic carbocycles. The van der Waals surface area contributed by atoms with Crippen molar-refractivity contribution in [1.82, 2.24) is 44.5 Å². The number of imidazole rings is 2. The maximum atomic E-state index is 17.1. The molecular weight excluding hydrogens is 933 g/mol. The number of fused-ring (bicyclic) bond motifs is 6. The van der Waals surface area contributed by atoms with Gasteiger partial charge in [-0.2, -0.15) is 0 Å². The Morgan fingerprint density at radius 3 is 2.36 bits per heavy atom. The topological polar surface area (TPSA) is 163 Å². The number of nitrogens with zero attached hydrogens (tertiary/aromatic N) is 6. The Morgan fingerprint density at radius 1 is 0.822 bits per heavy atom. The summed E-state index contributed by atoms with van der Waals surface area (Å²) in [5.41, 5.74) is 7.20. The predicted octanol–water partition coefficient (Wildman–Crippen LogP) is 9.59. The molecule has 73 heavy (non-hydrogen) atoms. The zero-order valence-corrected chi connectivity index (χ0v) is 40.9. The molecule has 6 atom stereocenters. The Kier molecular flexibility index (Phi) is 12.0. The Hall–Kier alpha value is -7.53. The summed E-state index contributed by atoms with van der Waals surface area (Å²) in [6.07, 6.45) is 5.24. The van der Waals surface area contributed by atoms with Crippen molar-refractivity contribution in [2.24, 2.45) is 5.92 Å². The second kappa shape index (κ2) is 18.8. The molecule has 0 aliphatic carbocycles. The number of H-pyrrole nitrogens is 2. The maximum absolute atomic E-state index is 17.1. The summed E-state index contributed by atoms with van der Waals surface area (Å²) in [5.74, 6) is 1.22. The summed E-state index contributed by atoms with van der Waals surface area (Å²) in [5, 5.41) is 3.52. The Morgan fingerprint density at radius 2 is 1.60 bits per heavy atom. The van der Waals surface area contributed by atoms with Crippen LogP contribution >= 0.6 is 0 Å². The monoisotopic (exact) mass is 989 g/mol. The van der Waals surface area contributed by atoms with E-state index in [9.17, 15) is 14.4 Å². The molecule has 8 heterocycles. The van der Waals surface area contributed by atoms with Crippen molar-refractivity contribution in [3.05, 3.63) is 131 Å². The molecule has 0 saturated carbocycles. The number of ether oxygens (including phenoxy) is 3. The number of halogens is 2. The molecule has 0 bridgehead atoms. The number of aromatic nitrogens is 5. The van der Waals surface area contributed by atoms with E-state index in [4.69, 9.17) is 24.2 Å². The van der Waals surface area contributed by atoms with E-state index < -0.39 is 42.4 Å². The molecule has 5 aliphatic rings. The van der Waals surface area contributed by atoms with Gasteiger partial charge in [-0.1, -0.05) is 62.4 Å². The van der Waals surface area contributed by atoms with Gasteiger partial charge in [0.2, 0.25) is 18.0 Å². The fraction of sp³-hybridized carbons (Fsp3) is 0.375. The van der Waals surface area contributed by atoms with Crippen LogP contribution in [-0.4, -0.2) is 109 Å². The lowest BCUT2D eigenvalue weighted by Crippen LogP contribution is -2.51. The molecule has 1 unspecified atom stereocenters. The summed E-state index contributed by atoms with van der Waals surface area (Å²) in [4.78, 5) is 62.3. The number of rotatable bonds is 11. The summed E-state index contributed by atoms with van der Waals surface area (Å²) in [6, 6.07) is 24.9. The molecule has 12 rings (SSSR count). The zero-order valence-electron chi connectivity index (χ0n) is 40.9. The highest BCUT2D eigenvalue weighted by molar-refractivity contribution is 5.93. The Labute approximate surface area is 420 Å². The number of amides is 3. The van der Waals surface area contributed by atoms with Crippen molar-refractivity contribution in [3.63, 3.8) is 0 Å². The van der Waals surface area contributed by atoms with Gasteiger partial charge in [-0.15, -0.1) is 0 Å². The first-order chi connectivity index (χ1) is 35.5. The van der Waals surface area contributed by atoms with E-state index in [1.807, 2.05) is 91.2 Å². The summed E-state index contributed by atoms with van der Waals surface area (Å²) >= 11 is 0. The molecule has 3 fully saturated rings. The van der Waals surface area contributed by atoms with Gasteiger partial charge in [-0.25, -0.2) is 23.5 Å². The van der Waals surface area contributed by atoms with E-state index in [0.717, 1.165) is 77.7 Å². The number of hydrogen-bond donors (Lipinski definition) is 3. The van der Waals surface area contributed by atoms with Crippen LogP contribution in [0.5, 0.6) is 11.5 Å². The number of alkyl carbamates (subject to hydrolysis) is 1. The van der Waals surface area contributed by atoms with Crippen molar-refractivity contribution in [2.45, 2.75) is 88.9 Å². The minimum atomic E-state index is -1.19. The minimum absolute atomic E-state index is 0.000239. The number of methoxy groups -OCH3 is 1. The predicted molar refractivity (Wildman–Crippen MR) is 269 cm³/mol. The number of carbonyl (C=O) groups is 3. The Balaban J connectivity index is 0.873. The largest absolute Gasteiger partial charge is 0.493 e. The normalized spacial score (nSPS) is 21.2. The summed E-state index contributed by atoms with van der Waals surface area (Å²) in [6.45, 7) is 6.48. The van der Waals surface area contributed by atoms with Gasteiger partial charge in [0.05, 0.1) is 72.9 Å². The van der Waals surface area contributed by atoms with Crippen LogP contribution in [0.3, 0.4) is 0 Å². The average Bonchev–Trinajstić information content (AvgIpc) is 4.26. The lowest BCUT2D eigenvalue weighted by molar-refractivity contribution is -0.140. The van der Waals surface area contributed by atoms with Crippen molar-refractivity contribution in [1.29, 1.82) is 0 Å². The van der Waals surface area contributed by atoms with Crippen molar-refractivity contribution in [2.75, 3.05) is 39.9 Å². The second-order valence-electron chi connectivity index (χ2n) is 20.2. The third-order valence-corrected chi connectivity index (χ3v) is 15.4. The molecule has 15 nitrogen and oxygen atoms in total. The van der Waals surface area contributed by atoms with Crippen molar-refractivity contribution in [3.8, 4) is 45.3 Å². The number of nitrogens with one attached hydrogen (secondary N) is 3. The number of hydrogen-bond acceptors (Lipinski definition) is 9. The van der Waals surface area contributed by atoms with Gasteiger partial charge in [-0.05, 0) is 85.5 Å². The highest BCUT2D eigenvalue weighted by Gasteiger charge is 2.44. The smallest absolute Gasteiger partial charge is 0.407 e. The van der Waals surface area contributed by atoms with E-state index in [1.54, 1.807) is 22.2 Å². The standard InChI is InChI=1S/C56H57F2N9O6/c1-31(2)49(63-56(70)71-3)53(68)65-20-7-13-43(65)51-59-29-41(62-51)36-23-39(58)48-44-24-37-22-34(16-17-42(37)67(44)55(73-47(48)26-36)35-15-14-32-12-8-21-72-46(32)25-35)40-28-60-52(61-40)45-27-38(57)30-66(45)54(69)50(64-18-9-19-64)33-10-5-4-6-11-33/h4-6,10-11,14-17,22-26,28-29,31,38,43,45,49-50,55H,7-9,12-13,18-21,27,30H2,1-3H3,(H,59,62)(H,60,61)(H,63,70)/t38-,43+,45+,49+,50-,55?/m1/s1. The van der Waals surface area contributed by atoms with Crippen LogP contribution < -0.4 is 14.8 Å². The van der Waals surface area contributed by atoms with Crippen LogP contribution in [0.4, 0.5) is 13.6 Å². The Bertz CT molecular complexity index is 3260. The molecular formula is C56H57F2N9O6. The van der Waals surface area contributed by atoms with Crippen molar-refractivity contribution >= 4 is 28.8 Å². The van der Waals surface area contributed by atoms with Crippen LogP contribution in [0, 0.1) is 11.7 Å². The highest BCUT2D eigenvalue weighted by Crippen LogP contribution is 2.48. The highest BCUT2D eigenvalue weighted by atomic mass is 19.1. The molecule has 0 spiro atoms. The van der Waals surface area contributed by atoms with Gasteiger partial charge in [0.25, 0.3) is 0 Å². The molecule has 3 amide bonds. The zero-order chi connectivity index (χ0) is 50.1. The van der Waals surface area contributed by atoms with Crippen LogP contribution in [0.15, 0.2) is 97.3 Å². The number of aromatic amines is 2. The quantitative estimate of drug-likeness (QED) is 0.115. The first kappa shape index (κ1) is 46.5.